The molecule has 0 bridgehead atoms. The molecule has 2 aromatic carbocycles. The van der Waals surface area contributed by atoms with Gasteiger partial charge in [-0.15, -0.1) is 10.2 Å². The maximum absolute atomic E-state index is 14.4. The highest BCUT2D eigenvalue weighted by Crippen LogP contribution is 2.34. The van der Waals surface area contributed by atoms with Crippen molar-refractivity contribution in [2.45, 2.75) is 76.9 Å². The highest BCUT2D eigenvalue weighted by atomic mass is 19.4. The molecule has 0 unspecified atom stereocenters. The lowest BCUT2D eigenvalue weighted by atomic mass is 10.0. The quantitative estimate of drug-likeness (QED) is 0.146. The number of pyridine rings is 1. The molecule has 0 radical (unpaired) electrons. The predicted molar refractivity (Wildman–Crippen MR) is 209 cm³/mol. The molecule has 0 amide bonds. The Kier molecular flexibility index (Phi) is 13.3. The zero-order chi connectivity index (χ0) is 38.9. The van der Waals surface area contributed by atoms with Gasteiger partial charge in [-0.1, -0.05) is 62.1 Å². The van der Waals surface area contributed by atoms with E-state index < -0.39 is 17.4 Å². The Balaban J connectivity index is 0.00000113. The van der Waals surface area contributed by atoms with Gasteiger partial charge in [-0.2, -0.15) is 13.2 Å². The molecular formula is C42H53F3N8O3. The SMILES string of the molecule is C1CCC1.Cn1cnnc1Cc1cccc(-n2cc3c(C(F)(F)F)cc(CN4CCC(OCCOCc5ccc(CN6CCNCC6)cc5)CC4)cn3c2=O)c1. The second kappa shape index (κ2) is 18.7. The molecule has 11 nitrogen and oxygen atoms in total. The van der Waals surface area contributed by atoms with E-state index in [0.29, 0.717) is 57.1 Å². The van der Waals surface area contributed by atoms with Crippen molar-refractivity contribution in [1.29, 1.82) is 0 Å². The average molecular weight is 775 g/mol. The molecule has 2 aliphatic heterocycles. The molecule has 0 spiro atoms. The third-order valence-electron chi connectivity index (χ3n) is 10.9. The molecule has 1 N–H and O–H groups in total. The fraction of sp³-hybridized carbons (Fsp3) is 0.500. The van der Waals surface area contributed by atoms with E-state index in [0.717, 1.165) is 66.9 Å². The zero-order valence-electron chi connectivity index (χ0n) is 32.2. The number of ether oxygens (including phenoxy) is 2. The van der Waals surface area contributed by atoms with Gasteiger partial charge in [0, 0.05) is 78.2 Å². The number of aromatic nitrogens is 5. The van der Waals surface area contributed by atoms with Crippen molar-refractivity contribution in [3.63, 3.8) is 0 Å². The van der Waals surface area contributed by atoms with Crippen LogP contribution in [-0.2, 0) is 48.8 Å². The summed E-state index contributed by atoms with van der Waals surface area (Å²) in [4.78, 5) is 18.1. The molecule has 56 heavy (non-hydrogen) atoms. The van der Waals surface area contributed by atoms with E-state index >= 15 is 0 Å². The van der Waals surface area contributed by atoms with Gasteiger partial charge < -0.3 is 19.4 Å². The molecular weight excluding hydrogens is 722 g/mol. The smallest absolute Gasteiger partial charge is 0.376 e. The summed E-state index contributed by atoms with van der Waals surface area (Å²) in [5.41, 5.74) is 2.63. The van der Waals surface area contributed by atoms with Gasteiger partial charge in [0.2, 0.25) is 0 Å². The van der Waals surface area contributed by atoms with Crippen molar-refractivity contribution in [2.24, 2.45) is 7.05 Å². The number of halogens is 3. The number of likely N-dealkylation sites (tertiary alicyclic amines) is 1. The molecule has 300 valence electrons. The van der Waals surface area contributed by atoms with Crippen LogP contribution in [0.4, 0.5) is 13.2 Å². The molecule has 3 aromatic heterocycles. The fourth-order valence-electron chi connectivity index (χ4n) is 7.28. The summed E-state index contributed by atoms with van der Waals surface area (Å²) in [5.74, 6) is 0.731. The second-order valence-corrected chi connectivity index (χ2v) is 15.2. The Morgan fingerprint density at radius 1 is 0.821 bits per heavy atom. The predicted octanol–water partition coefficient (Wildman–Crippen LogP) is 5.99. The minimum atomic E-state index is -4.63. The third kappa shape index (κ3) is 10.5. The summed E-state index contributed by atoms with van der Waals surface area (Å²) < 4.78 is 59.2. The molecule has 2 saturated heterocycles. The number of nitrogens with zero attached hydrogens (tertiary/aromatic N) is 7. The van der Waals surface area contributed by atoms with Gasteiger partial charge in [-0.05, 0) is 53.3 Å². The van der Waals surface area contributed by atoms with Crippen LogP contribution in [0.25, 0.3) is 11.2 Å². The number of alkyl halides is 3. The molecule has 0 atom stereocenters. The van der Waals surface area contributed by atoms with Crippen LogP contribution in [-0.4, -0.2) is 92.1 Å². The highest BCUT2D eigenvalue weighted by molar-refractivity contribution is 5.58. The third-order valence-corrected chi connectivity index (χ3v) is 10.9. The van der Waals surface area contributed by atoms with Gasteiger partial charge in [0.25, 0.3) is 0 Å². The molecule has 8 rings (SSSR count). The van der Waals surface area contributed by atoms with Crippen LogP contribution in [0.5, 0.6) is 0 Å². The summed E-state index contributed by atoms with van der Waals surface area (Å²) in [6, 6.07) is 16.9. The van der Waals surface area contributed by atoms with E-state index in [1.165, 1.54) is 54.3 Å². The maximum atomic E-state index is 14.4. The van der Waals surface area contributed by atoms with Crippen LogP contribution < -0.4 is 11.0 Å². The van der Waals surface area contributed by atoms with Crippen molar-refractivity contribution >= 4 is 5.52 Å². The van der Waals surface area contributed by atoms with Crippen molar-refractivity contribution in [2.75, 3.05) is 52.5 Å². The van der Waals surface area contributed by atoms with Crippen molar-refractivity contribution in [3.8, 4) is 5.69 Å². The number of benzene rings is 2. The summed E-state index contributed by atoms with van der Waals surface area (Å²) >= 11 is 0. The number of hydrogen-bond acceptors (Lipinski definition) is 8. The first-order valence-electron chi connectivity index (χ1n) is 19.9. The lowest BCUT2D eigenvalue weighted by Crippen LogP contribution is -2.42. The molecule has 3 aliphatic rings. The summed E-state index contributed by atoms with van der Waals surface area (Å²) in [6.07, 6.45) is 7.84. The lowest BCUT2D eigenvalue weighted by Gasteiger charge is -2.32. The van der Waals surface area contributed by atoms with Gasteiger partial charge in [-0.25, -0.2) is 4.79 Å². The minimum Gasteiger partial charge on any atom is -0.376 e. The highest BCUT2D eigenvalue weighted by Gasteiger charge is 2.35. The van der Waals surface area contributed by atoms with Crippen LogP contribution >= 0.6 is 0 Å². The second-order valence-electron chi connectivity index (χ2n) is 15.2. The van der Waals surface area contributed by atoms with Crippen LogP contribution in [0.3, 0.4) is 0 Å². The largest absolute Gasteiger partial charge is 0.418 e. The summed E-state index contributed by atoms with van der Waals surface area (Å²) in [6.45, 7) is 8.37. The molecule has 3 fully saturated rings. The van der Waals surface area contributed by atoms with E-state index in [1.807, 2.05) is 13.1 Å². The molecule has 5 heterocycles. The Bertz CT molecular complexity index is 2050. The van der Waals surface area contributed by atoms with E-state index in [-0.39, 0.29) is 11.6 Å². The first-order valence-corrected chi connectivity index (χ1v) is 19.9. The minimum absolute atomic E-state index is 0.0680. The first-order chi connectivity index (χ1) is 27.2. The number of rotatable bonds is 13. The number of piperidine rings is 1. The number of aryl methyl sites for hydroxylation is 1. The standard InChI is InChI=1S/C38H45F3N8O3.C4H8/c1-45-27-43-44-36(45)21-30-3-2-4-32(19-30)48-25-35-34(38(39,40)41)20-31(24-49(35)37(48)50)23-46-13-9-33(10-14-46)52-18-17-51-26-29-7-5-28(6-8-29)22-47-15-11-42-12-16-47;1-2-4-3-1/h2-8,19-20,24-25,27,33,42H,9-18,21-23,26H2,1H3;1-4H2. The van der Waals surface area contributed by atoms with Gasteiger partial charge in [0.05, 0.1) is 42.7 Å². The van der Waals surface area contributed by atoms with E-state index in [1.54, 1.807) is 29.1 Å². The Morgan fingerprint density at radius 3 is 2.20 bits per heavy atom. The molecule has 5 aromatic rings. The zero-order valence-corrected chi connectivity index (χ0v) is 32.2. The topological polar surface area (TPSA) is 94.1 Å². The van der Waals surface area contributed by atoms with Crippen molar-refractivity contribution < 1.29 is 22.6 Å². The Labute approximate surface area is 326 Å². The number of fused-ring (bicyclic) bond motifs is 1. The Morgan fingerprint density at radius 2 is 1.52 bits per heavy atom. The van der Waals surface area contributed by atoms with E-state index in [9.17, 15) is 18.0 Å². The monoisotopic (exact) mass is 774 g/mol. The normalized spacial score (nSPS) is 17.1. The van der Waals surface area contributed by atoms with Crippen molar-refractivity contribution in [1.82, 2.24) is 38.8 Å². The van der Waals surface area contributed by atoms with Gasteiger partial charge in [0.15, 0.2) is 0 Å². The number of hydrogen-bond donors (Lipinski definition) is 1. The molecule has 1 saturated carbocycles. The summed E-state index contributed by atoms with van der Waals surface area (Å²) in [7, 11) is 1.84. The average Bonchev–Trinajstić information content (AvgIpc) is 3.73. The van der Waals surface area contributed by atoms with Crippen LogP contribution in [0, 0.1) is 0 Å². The summed E-state index contributed by atoms with van der Waals surface area (Å²) in [5, 5.41) is 11.4. The molecule has 1 aliphatic carbocycles. The number of nitrogens with one attached hydrogen (secondary N) is 1. The van der Waals surface area contributed by atoms with Gasteiger partial charge in [-0.3, -0.25) is 18.8 Å². The van der Waals surface area contributed by atoms with Crippen LogP contribution in [0.2, 0.25) is 0 Å². The Hall–Kier alpha value is -4.34. The fourth-order valence-corrected chi connectivity index (χ4v) is 7.28. The van der Waals surface area contributed by atoms with Crippen LogP contribution in [0.1, 0.15) is 72.2 Å². The van der Waals surface area contributed by atoms with E-state index in [2.05, 4.69) is 49.6 Å². The maximum Gasteiger partial charge on any atom is 0.418 e. The van der Waals surface area contributed by atoms with Crippen molar-refractivity contribution in [3.05, 3.63) is 117 Å². The first kappa shape index (κ1) is 39.9. The lowest BCUT2D eigenvalue weighted by molar-refractivity contribution is -0.136. The van der Waals surface area contributed by atoms with E-state index in [4.69, 9.17) is 9.47 Å². The van der Waals surface area contributed by atoms with Gasteiger partial charge >= 0.3 is 11.9 Å². The molecule has 14 heteroatoms. The number of piperazine rings is 1. The van der Waals surface area contributed by atoms with Gasteiger partial charge in [0.1, 0.15) is 12.2 Å². The van der Waals surface area contributed by atoms with Crippen LogP contribution in [0.15, 0.2) is 78.1 Å². The number of imidazole rings is 1.